The zero-order valence-electron chi connectivity index (χ0n) is 23.8. The van der Waals surface area contributed by atoms with Crippen molar-refractivity contribution in [1.29, 1.82) is 0 Å². The van der Waals surface area contributed by atoms with Crippen molar-refractivity contribution < 1.29 is 5.11 Å². The van der Waals surface area contributed by atoms with Crippen LogP contribution in [0.15, 0.2) is 152 Å². The number of nitrogens with zero attached hydrogens (tertiary/aromatic N) is 2. The maximum Gasteiger partial charge on any atom is 0.139 e. The second-order valence-electron chi connectivity index (χ2n) is 11.3. The largest absolute Gasteiger partial charge is 0.506 e. The quantitative estimate of drug-likeness (QED) is 0.226. The van der Waals surface area contributed by atoms with Crippen LogP contribution in [0, 0.1) is 0 Å². The SMILES string of the molecule is CC1(C)c2ccccc2-c2cc(N(c3ccccc3)c3ccc(O)c(N(c4ccccc4)c4ccccc4)c3)ccc21. The summed E-state index contributed by atoms with van der Waals surface area (Å²) in [5.41, 5.74) is 10.9. The standard InChI is InChI=1S/C39H32N2O/c1-39(2)35-21-13-12-20-33(35)34-26-31(22-24-36(34)39)40(28-14-6-3-7-15-28)32-23-25-38(42)37(27-32)41(29-16-8-4-9-17-29)30-18-10-5-11-19-30/h3-27,42H,1-2H3. The molecule has 0 radical (unpaired) electrons. The fourth-order valence-corrected chi connectivity index (χ4v) is 6.28. The molecule has 6 aromatic rings. The van der Waals surface area contributed by atoms with Gasteiger partial charge in [-0.2, -0.15) is 0 Å². The van der Waals surface area contributed by atoms with E-state index in [0.717, 1.165) is 28.4 Å². The minimum atomic E-state index is -0.0559. The topological polar surface area (TPSA) is 26.7 Å². The third-order valence-corrected chi connectivity index (χ3v) is 8.33. The molecule has 0 spiro atoms. The highest BCUT2D eigenvalue weighted by molar-refractivity contribution is 5.89. The molecular weight excluding hydrogens is 512 g/mol. The summed E-state index contributed by atoms with van der Waals surface area (Å²) in [6.45, 7) is 4.61. The molecular formula is C39H32N2O. The molecule has 1 aliphatic rings. The summed E-state index contributed by atoms with van der Waals surface area (Å²) < 4.78 is 0. The molecule has 0 heterocycles. The summed E-state index contributed by atoms with van der Waals surface area (Å²) in [7, 11) is 0. The van der Waals surface area contributed by atoms with Crippen LogP contribution in [0.4, 0.5) is 34.1 Å². The molecule has 0 atom stereocenters. The lowest BCUT2D eigenvalue weighted by molar-refractivity contribution is 0.476. The minimum absolute atomic E-state index is 0.0559. The van der Waals surface area contributed by atoms with Gasteiger partial charge in [-0.3, -0.25) is 0 Å². The molecule has 0 saturated heterocycles. The first-order chi connectivity index (χ1) is 20.5. The molecule has 0 amide bonds. The highest BCUT2D eigenvalue weighted by atomic mass is 16.3. The van der Waals surface area contributed by atoms with Crippen LogP contribution in [0.2, 0.25) is 0 Å². The van der Waals surface area contributed by atoms with Crippen LogP contribution in [-0.4, -0.2) is 5.11 Å². The van der Waals surface area contributed by atoms with Crippen LogP contribution in [-0.2, 0) is 5.41 Å². The molecule has 1 N–H and O–H groups in total. The number of benzene rings is 6. The number of para-hydroxylation sites is 3. The summed E-state index contributed by atoms with van der Waals surface area (Å²) >= 11 is 0. The van der Waals surface area contributed by atoms with E-state index in [2.05, 4.69) is 121 Å². The van der Waals surface area contributed by atoms with Gasteiger partial charge in [-0.05, 0) is 89.0 Å². The van der Waals surface area contributed by atoms with Crippen LogP contribution in [0.1, 0.15) is 25.0 Å². The summed E-state index contributed by atoms with van der Waals surface area (Å²) in [6.07, 6.45) is 0. The van der Waals surface area contributed by atoms with Crippen molar-refractivity contribution in [2.45, 2.75) is 19.3 Å². The Morgan fingerprint density at radius 2 is 0.905 bits per heavy atom. The Balaban J connectivity index is 1.42. The second kappa shape index (κ2) is 10.3. The van der Waals surface area contributed by atoms with E-state index in [1.165, 1.54) is 22.3 Å². The molecule has 1 aliphatic carbocycles. The highest BCUT2D eigenvalue weighted by Gasteiger charge is 2.35. The van der Waals surface area contributed by atoms with Gasteiger partial charge in [0.15, 0.2) is 0 Å². The predicted octanol–water partition coefficient (Wildman–Crippen LogP) is 10.6. The summed E-state index contributed by atoms with van der Waals surface area (Å²) in [5, 5.41) is 11.3. The third kappa shape index (κ3) is 4.31. The van der Waals surface area contributed by atoms with Gasteiger partial charge in [-0.15, -0.1) is 0 Å². The number of aromatic hydroxyl groups is 1. The fraction of sp³-hybridized carbons (Fsp3) is 0.0769. The van der Waals surface area contributed by atoms with Gasteiger partial charge in [0.2, 0.25) is 0 Å². The third-order valence-electron chi connectivity index (χ3n) is 8.33. The normalized spacial score (nSPS) is 12.8. The van der Waals surface area contributed by atoms with Gasteiger partial charge >= 0.3 is 0 Å². The van der Waals surface area contributed by atoms with Gasteiger partial charge in [-0.25, -0.2) is 0 Å². The molecule has 42 heavy (non-hydrogen) atoms. The first-order valence-corrected chi connectivity index (χ1v) is 14.4. The fourth-order valence-electron chi connectivity index (χ4n) is 6.28. The van der Waals surface area contributed by atoms with E-state index in [0.29, 0.717) is 5.69 Å². The van der Waals surface area contributed by atoms with Gasteiger partial charge in [0, 0.05) is 33.9 Å². The number of anilines is 6. The molecule has 7 rings (SSSR count). The number of fused-ring (bicyclic) bond motifs is 3. The highest BCUT2D eigenvalue weighted by Crippen LogP contribution is 2.51. The first-order valence-electron chi connectivity index (χ1n) is 14.4. The predicted molar refractivity (Wildman–Crippen MR) is 175 cm³/mol. The van der Waals surface area contributed by atoms with E-state index in [-0.39, 0.29) is 11.2 Å². The average molecular weight is 545 g/mol. The molecule has 0 aromatic heterocycles. The van der Waals surface area contributed by atoms with Crippen LogP contribution < -0.4 is 9.80 Å². The average Bonchev–Trinajstić information content (AvgIpc) is 3.26. The first kappa shape index (κ1) is 25.7. The lowest BCUT2D eigenvalue weighted by Crippen LogP contribution is -2.15. The molecule has 6 aromatic carbocycles. The Morgan fingerprint density at radius 3 is 1.52 bits per heavy atom. The molecule has 0 unspecified atom stereocenters. The molecule has 0 fully saturated rings. The van der Waals surface area contributed by atoms with Crippen LogP contribution in [0.5, 0.6) is 5.75 Å². The Hall–Kier alpha value is -5.28. The van der Waals surface area contributed by atoms with Crippen molar-refractivity contribution in [3.63, 3.8) is 0 Å². The number of hydrogen-bond acceptors (Lipinski definition) is 3. The molecule has 3 nitrogen and oxygen atoms in total. The molecule has 0 aliphatic heterocycles. The zero-order chi connectivity index (χ0) is 28.7. The van der Waals surface area contributed by atoms with Crippen molar-refractivity contribution in [2.24, 2.45) is 0 Å². The maximum absolute atomic E-state index is 11.3. The van der Waals surface area contributed by atoms with E-state index < -0.39 is 0 Å². The molecule has 3 heteroatoms. The Kier molecular flexibility index (Phi) is 6.28. The van der Waals surface area contributed by atoms with Gasteiger partial charge in [-0.1, -0.05) is 98.8 Å². The zero-order valence-corrected chi connectivity index (χ0v) is 23.8. The number of hydrogen-bond donors (Lipinski definition) is 1. The monoisotopic (exact) mass is 544 g/mol. The molecule has 204 valence electrons. The van der Waals surface area contributed by atoms with Crippen molar-refractivity contribution in [3.05, 3.63) is 163 Å². The minimum Gasteiger partial charge on any atom is -0.506 e. The van der Waals surface area contributed by atoms with Crippen LogP contribution in [0.25, 0.3) is 11.1 Å². The van der Waals surface area contributed by atoms with Crippen molar-refractivity contribution in [1.82, 2.24) is 0 Å². The van der Waals surface area contributed by atoms with Gasteiger partial charge < -0.3 is 14.9 Å². The smallest absolute Gasteiger partial charge is 0.139 e. The lowest BCUT2D eigenvalue weighted by atomic mass is 9.82. The molecule has 0 bridgehead atoms. The summed E-state index contributed by atoms with van der Waals surface area (Å²) in [5.74, 6) is 0.212. The summed E-state index contributed by atoms with van der Waals surface area (Å²) in [6, 6.07) is 52.2. The Morgan fingerprint density at radius 1 is 0.429 bits per heavy atom. The van der Waals surface area contributed by atoms with Gasteiger partial charge in [0.25, 0.3) is 0 Å². The second-order valence-corrected chi connectivity index (χ2v) is 11.3. The summed E-state index contributed by atoms with van der Waals surface area (Å²) in [4.78, 5) is 4.37. The van der Waals surface area contributed by atoms with Gasteiger partial charge in [0.1, 0.15) is 5.75 Å². The van der Waals surface area contributed by atoms with E-state index in [9.17, 15) is 5.11 Å². The number of phenolic OH excluding ortho intramolecular Hbond substituents is 1. The van der Waals surface area contributed by atoms with Crippen molar-refractivity contribution >= 4 is 34.1 Å². The van der Waals surface area contributed by atoms with Crippen molar-refractivity contribution in [2.75, 3.05) is 9.80 Å². The van der Waals surface area contributed by atoms with Crippen LogP contribution in [0.3, 0.4) is 0 Å². The Bertz CT molecular complexity index is 1820. The van der Waals surface area contributed by atoms with E-state index in [4.69, 9.17) is 0 Å². The molecule has 0 saturated carbocycles. The van der Waals surface area contributed by atoms with Gasteiger partial charge in [0.05, 0.1) is 5.69 Å². The van der Waals surface area contributed by atoms with E-state index in [1.54, 1.807) is 6.07 Å². The maximum atomic E-state index is 11.3. The van der Waals surface area contributed by atoms with Crippen molar-refractivity contribution in [3.8, 4) is 16.9 Å². The Labute approximate surface area is 247 Å². The number of phenols is 1. The lowest BCUT2D eigenvalue weighted by Gasteiger charge is -2.30. The number of rotatable bonds is 6. The van der Waals surface area contributed by atoms with E-state index >= 15 is 0 Å². The van der Waals surface area contributed by atoms with Crippen LogP contribution >= 0.6 is 0 Å². The van der Waals surface area contributed by atoms with E-state index in [1.807, 2.05) is 48.5 Å².